The van der Waals surface area contributed by atoms with Gasteiger partial charge < -0.3 is 0 Å². The predicted octanol–water partition coefficient (Wildman–Crippen LogP) is 0.628. The van der Waals surface area contributed by atoms with Gasteiger partial charge >= 0.3 is 130 Å². The van der Waals surface area contributed by atoms with Gasteiger partial charge in [-0.3, -0.25) is 0 Å². The van der Waals surface area contributed by atoms with Gasteiger partial charge in [0.1, 0.15) is 0 Å². The molecule has 0 saturated carbocycles. The number of benzene rings is 1. The summed E-state index contributed by atoms with van der Waals surface area (Å²) in [5, 5.41) is 0. The Morgan fingerprint density at radius 1 is 1.25 bits per heavy atom. The number of allylic oxidation sites excluding steroid dienone is 3. The number of rotatable bonds is 5. The van der Waals surface area contributed by atoms with Crippen LogP contribution in [0.4, 0.5) is 0 Å². The van der Waals surface area contributed by atoms with Crippen LogP contribution in [-0.2, 0) is 4.79 Å². The molecule has 1 aliphatic carbocycles. The Morgan fingerprint density at radius 3 is 2.55 bits per heavy atom. The molecular weight excluding hydrogens is 363 g/mol. The molecule has 1 aromatic rings. The number of hydrogen-bond acceptors (Lipinski definition) is 2. The average Bonchev–Trinajstić information content (AvgIpc) is 2.44. The molecule has 2 nitrogen and oxygen atoms in total. The molecule has 1 aromatic carbocycles. The van der Waals surface area contributed by atoms with Crippen molar-refractivity contribution in [1.29, 1.82) is 0 Å². The molecule has 1 aliphatic rings. The van der Waals surface area contributed by atoms with E-state index in [1.807, 2.05) is 31.2 Å². The van der Waals surface area contributed by atoms with Gasteiger partial charge in [0.25, 0.3) is 0 Å². The van der Waals surface area contributed by atoms with Crippen LogP contribution in [0.3, 0.4) is 0 Å². The van der Waals surface area contributed by atoms with Crippen molar-refractivity contribution < 1.29 is 30.8 Å². The standard InChI is InChI=1S/C17H18IO2/c1-11(19)7-6-10-18-16-12(2)14-8-4-5-9-15(14)17(20)13(16)3/h4-5,8-9H,2,6-7,10H2,1,3H3/q-1. The third-order valence-corrected chi connectivity index (χ3v) is 6.85. The van der Waals surface area contributed by atoms with Crippen LogP contribution in [0.15, 0.2) is 40.0 Å². The van der Waals surface area contributed by atoms with Crippen molar-refractivity contribution in [2.75, 3.05) is 4.43 Å². The molecule has 0 fully saturated rings. The molecule has 0 unspecified atom stereocenters. The van der Waals surface area contributed by atoms with Crippen molar-refractivity contribution in [2.24, 2.45) is 0 Å². The average molecular weight is 381 g/mol. The van der Waals surface area contributed by atoms with E-state index in [-0.39, 0.29) is 32.8 Å². The van der Waals surface area contributed by atoms with Crippen molar-refractivity contribution in [3.05, 3.63) is 51.1 Å². The molecule has 0 aromatic heterocycles. The zero-order chi connectivity index (χ0) is 14.7. The molecule has 2 rings (SSSR count). The van der Waals surface area contributed by atoms with Crippen LogP contribution < -0.4 is 21.2 Å². The van der Waals surface area contributed by atoms with Gasteiger partial charge in [0.15, 0.2) is 0 Å². The predicted molar refractivity (Wildman–Crippen MR) is 77.3 cm³/mol. The van der Waals surface area contributed by atoms with Gasteiger partial charge in [-0.15, -0.1) is 0 Å². The summed E-state index contributed by atoms with van der Waals surface area (Å²) in [5.41, 5.74) is 3.61. The molecule has 3 heteroatoms. The fourth-order valence-corrected chi connectivity index (χ4v) is 5.12. The Morgan fingerprint density at radius 2 is 1.90 bits per heavy atom. The van der Waals surface area contributed by atoms with Crippen LogP contribution in [0.1, 0.15) is 42.6 Å². The fourth-order valence-electron chi connectivity index (χ4n) is 2.25. The minimum absolute atomic E-state index is 0.134. The number of fused-ring (bicyclic) bond motifs is 1. The van der Waals surface area contributed by atoms with Gasteiger partial charge in [-0.25, -0.2) is 0 Å². The first-order chi connectivity index (χ1) is 9.52. The van der Waals surface area contributed by atoms with Gasteiger partial charge in [-0.2, -0.15) is 0 Å². The van der Waals surface area contributed by atoms with Crippen molar-refractivity contribution in [2.45, 2.75) is 26.7 Å². The van der Waals surface area contributed by atoms with E-state index < -0.39 is 0 Å². The van der Waals surface area contributed by atoms with Crippen molar-refractivity contribution >= 4 is 17.1 Å². The quantitative estimate of drug-likeness (QED) is 0.426. The van der Waals surface area contributed by atoms with Gasteiger partial charge in [-0.1, -0.05) is 0 Å². The van der Waals surface area contributed by atoms with E-state index in [9.17, 15) is 9.59 Å². The Labute approximate surface area is 130 Å². The second-order valence-electron chi connectivity index (χ2n) is 4.92. The summed E-state index contributed by atoms with van der Waals surface area (Å²) in [6, 6.07) is 7.69. The number of carbonyl (C=O) groups is 2. The molecule has 0 heterocycles. The van der Waals surface area contributed by atoms with E-state index in [2.05, 4.69) is 6.58 Å². The number of Topliss-reactive ketones (excluding diaryl/α,β-unsaturated/α-hetero) is 2. The van der Waals surface area contributed by atoms with Crippen molar-refractivity contribution in [1.82, 2.24) is 0 Å². The molecule has 106 valence electrons. The van der Waals surface area contributed by atoms with E-state index in [1.54, 1.807) is 6.92 Å². The Bertz CT molecular complexity index is 611. The van der Waals surface area contributed by atoms with Crippen molar-refractivity contribution in [3.63, 3.8) is 0 Å². The summed E-state index contributed by atoms with van der Waals surface area (Å²) in [7, 11) is 0. The van der Waals surface area contributed by atoms with E-state index in [0.717, 1.165) is 36.7 Å². The zero-order valence-corrected chi connectivity index (χ0v) is 14.0. The fraction of sp³-hybridized carbons (Fsp3) is 0.294. The molecule has 0 aliphatic heterocycles. The topological polar surface area (TPSA) is 34.1 Å². The molecule has 20 heavy (non-hydrogen) atoms. The summed E-state index contributed by atoms with van der Waals surface area (Å²) in [4.78, 5) is 23.3. The number of hydrogen-bond donors (Lipinski definition) is 0. The molecular formula is C17H18IO2-. The SMILES string of the molecule is C=C1C([I-]CCCC(C)=O)=C(C)C(=O)c2ccccc21. The minimum atomic E-state index is -0.255. The zero-order valence-electron chi connectivity index (χ0n) is 11.8. The molecule has 0 atom stereocenters. The first kappa shape index (κ1) is 15.2. The first-order valence-electron chi connectivity index (χ1n) is 6.65. The molecule has 0 bridgehead atoms. The van der Waals surface area contributed by atoms with Crippen LogP contribution in [0.5, 0.6) is 0 Å². The van der Waals surface area contributed by atoms with Gasteiger partial charge in [-0.05, 0) is 0 Å². The third kappa shape index (κ3) is 3.08. The Balaban J connectivity index is 2.17. The van der Waals surface area contributed by atoms with E-state index >= 15 is 0 Å². The number of alkyl halides is 1. The summed E-state index contributed by atoms with van der Waals surface area (Å²) >= 11 is -0.255. The van der Waals surface area contributed by atoms with E-state index in [0.29, 0.717) is 6.42 Å². The monoisotopic (exact) mass is 381 g/mol. The van der Waals surface area contributed by atoms with Crippen LogP contribution in [0, 0.1) is 0 Å². The van der Waals surface area contributed by atoms with Crippen LogP contribution >= 0.6 is 0 Å². The number of halogens is 1. The summed E-state index contributed by atoms with van der Waals surface area (Å²) in [6.45, 7) is 7.72. The van der Waals surface area contributed by atoms with E-state index in [1.165, 1.54) is 0 Å². The van der Waals surface area contributed by atoms with Gasteiger partial charge in [0.2, 0.25) is 0 Å². The van der Waals surface area contributed by atoms with Gasteiger partial charge in [0.05, 0.1) is 0 Å². The Hall–Kier alpha value is -1.23. The number of ketones is 2. The number of carbonyl (C=O) groups excluding carboxylic acids is 2. The second kappa shape index (κ2) is 6.48. The van der Waals surface area contributed by atoms with Crippen LogP contribution in [-0.4, -0.2) is 16.0 Å². The second-order valence-corrected chi connectivity index (χ2v) is 7.84. The Kier molecular flexibility index (Phi) is 4.91. The summed E-state index contributed by atoms with van der Waals surface area (Å²) in [6.07, 6.45) is 1.56. The van der Waals surface area contributed by atoms with Gasteiger partial charge in [0, 0.05) is 0 Å². The molecule has 0 amide bonds. The normalized spacial score (nSPS) is 14.7. The molecule has 0 saturated heterocycles. The molecule has 0 N–H and O–H groups in total. The molecule has 0 spiro atoms. The van der Waals surface area contributed by atoms with E-state index in [4.69, 9.17) is 0 Å². The third-order valence-electron chi connectivity index (χ3n) is 3.32. The van der Waals surface area contributed by atoms with Crippen LogP contribution in [0.2, 0.25) is 0 Å². The van der Waals surface area contributed by atoms with Crippen molar-refractivity contribution in [3.8, 4) is 0 Å². The maximum absolute atomic E-state index is 12.4. The summed E-state index contributed by atoms with van der Waals surface area (Å²) < 4.78 is 2.19. The first-order valence-corrected chi connectivity index (χ1v) is 9.25. The molecule has 0 radical (unpaired) electrons. The maximum atomic E-state index is 12.4. The van der Waals surface area contributed by atoms with Crippen LogP contribution in [0.25, 0.3) is 5.57 Å². The summed E-state index contributed by atoms with van der Waals surface area (Å²) in [5.74, 6) is 0.373.